The van der Waals surface area contributed by atoms with Gasteiger partial charge in [-0.05, 0) is 31.5 Å². The summed E-state index contributed by atoms with van der Waals surface area (Å²) in [6, 6.07) is 12.6. The second kappa shape index (κ2) is 10.7. The maximum atomic E-state index is 12.7. The zero-order valence-electron chi connectivity index (χ0n) is 16.9. The molecule has 0 aliphatic heterocycles. The summed E-state index contributed by atoms with van der Waals surface area (Å²) in [5, 5.41) is 13.1. The Morgan fingerprint density at radius 2 is 1.87 bits per heavy atom. The number of carbonyl (C=O) groups excluding carboxylic acids is 2. The van der Waals surface area contributed by atoms with Crippen molar-refractivity contribution < 1.29 is 24.2 Å². The molecule has 9 heteroatoms. The van der Waals surface area contributed by atoms with Crippen LogP contribution in [-0.4, -0.2) is 35.8 Å². The summed E-state index contributed by atoms with van der Waals surface area (Å²) in [6.07, 6.45) is -0.706. The van der Waals surface area contributed by atoms with Crippen molar-refractivity contribution >= 4 is 17.8 Å². The molecule has 2 aromatic rings. The molecule has 0 saturated carbocycles. The van der Waals surface area contributed by atoms with Gasteiger partial charge in [0.1, 0.15) is 11.5 Å². The first-order chi connectivity index (χ1) is 14.3. The standard InChI is InChI=1S/C21H26N4O5/c1-3-29-19(27)12-17(14-7-5-4-6-8-14)25-20(28)16-10-9-15(11-18(16)26)30-13(2)24-21(22)23/h4-11,13,17,26H,3,12H2,1-2H3,(H,25,28)(H4,22,23,24). The number of hydrogen-bond acceptors (Lipinski definition) is 6. The van der Waals surface area contributed by atoms with E-state index >= 15 is 0 Å². The number of carbonyl (C=O) groups is 2. The molecule has 0 saturated heterocycles. The molecular formula is C21H26N4O5. The summed E-state index contributed by atoms with van der Waals surface area (Å²) in [6.45, 7) is 3.58. The van der Waals surface area contributed by atoms with Crippen molar-refractivity contribution in [1.29, 1.82) is 0 Å². The second-order valence-electron chi connectivity index (χ2n) is 6.40. The van der Waals surface area contributed by atoms with Gasteiger partial charge >= 0.3 is 5.97 Å². The summed E-state index contributed by atoms with van der Waals surface area (Å²) in [5.74, 6) is -1.11. The summed E-state index contributed by atoms with van der Waals surface area (Å²) >= 11 is 0. The summed E-state index contributed by atoms with van der Waals surface area (Å²) in [4.78, 5) is 28.5. The molecule has 0 aliphatic carbocycles. The number of nitrogens with two attached hydrogens (primary N) is 2. The molecule has 0 fully saturated rings. The minimum atomic E-state index is -0.666. The van der Waals surface area contributed by atoms with Gasteiger partial charge in [-0.15, -0.1) is 0 Å². The quantitative estimate of drug-likeness (QED) is 0.278. The van der Waals surface area contributed by atoms with Gasteiger partial charge in [-0.2, -0.15) is 0 Å². The minimum Gasteiger partial charge on any atom is -0.507 e. The van der Waals surface area contributed by atoms with E-state index in [-0.39, 0.29) is 36.0 Å². The molecule has 6 N–H and O–H groups in total. The van der Waals surface area contributed by atoms with E-state index in [0.717, 1.165) is 5.56 Å². The van der Waals surface area contributed by atoms with E-state index in [1.54, 1.807) is 38.1 Å². The van der Waals surface area contributed by atoms with Crippen LogP contribution >= 0.6 is 0 Å². The highest BCUT2D eigenvalue weighted by Crippen LogP contribution is 2.26. The number of benzene rings is 2. The van der Waals surface area contributed by atoms with E-state index in [0.29, 0.717) is 0 Å². The van der Waals surface area contributed by atoms with Crippen LogP contribution in [0.2, 0.25) is 0 Å². The molecule has 30 heavy (non-hydrogen) atoms. The average molecular weight is 414 g/mol. The van der Waals surface area contributed by atoms with Gasteiger partial charge in [0.2, 0.25) is 0 Å². The van der Waals surface area contributed by atoms with Crippen LogP contribution in [0.4, 0.5) is 0 Å². The van der Waals surface area contributed by atoms with Crippen LogP contribution in [0, 0.1) is 0 Å². The number of esters is 1. The SMILES string of the molecule is CCOC(=O)CC(NC(=O)c1ccc(OC(C)N=C(N)N)cc1O)c1ccccc1. The largest absolute Gasteiger partial charge is 0.507 e. The van der Waals surface area contributed by atoms with Gasteiger partial charge in [0.05, 0.1) is 24.6 Å². The van der Waals surface area contributed by atoms with Crippen molar-refractivity contribution in [3.8, 4) is 11.5 Å². The fourth-order valence-electron chi connectivity index (χ4n) is 2.77. The lowest BCUT2D eigenvalue weighted by atomic mass is 10.0. The molecule has 2 rings (SSSR count). The molecule has 9 nitrogen and oxygen atoms in total. The van der Waals surface area contributed by atoms with E-state index in [4.69, 9.17) is 20.9 Å². The molecule has 2 aromatic carbocycles. The van der Waals surface area contributed by atoms with Crippen LogP contribution in [0.1, 0.15) is 42.2 Å². The third-order valence-corrected chi connectivity index (χ3v) is 4.03. The Morgan fingerprint density at radius 1 is 1.17 bits per heavy atom. The highest BCUT2D eigenvalue weighted by Gasteiger charge is 2.21. The average Bonchev–Trinajstić information content (AvgIpc) is 2.67. The first-order valence-electron chi connectivity index (χ1n) is 9.40. The number of nitrogens with zero attached hydrogens (tertiary/aromatic N) is 1. The number of phenolic OH excluding ortho intramolecular Hbond substituents is 1. The predicted molar refractivity (Wildman–Crippen MR) is 112 cm³/mol. The molecule has 0 heterocycles. The van der Waals surface area contributed by atoms with Gasteiger partial charge in [-0.1, -0.05) is 30.3 Å². The molecule has 2 atom stereocenters. The van der Waals surface area contributed by atoms with Crippen LogP contribution in [0.15, 0.2) is 53.5 Å². The van der Waals surface area contributed by atoms with Crippen LogP contribution in [0.25, 0.3) is 0 Å². The lowest BCUT2D eigenvalue weighted by Crippen LogP contribution is -2.30. The highest BCUT2D eigenvalue weighted by atomic mass is 16.5. The van der Waals surface area contributed by atoms with Crippen molar-refractivity contribution in [2.24, 2.45) is 16.5 Å². The predicted octanol–water partition coefficient (Wildman–Crippen LogP) is 1.81. The highest BCUT2D eigenvalue weighted by molar-refractivity contribution is 5.97. The first-order valence-corrected chi connectivity index (χ1v) is 9.40. The van der Waals surface area contributed by atoms with E-state index < -0.39 is 24.1 Å². The molecular weight excluding hydrogens is 388 g/mol. The molecule has 0 bridgehead atoms. The lowest BCUT2D eigenvalue weighted by Gasteiger charge is -2.19. The zero-order valence-corrected chi connectivity index (χ0v) is 16.9. The number of hydrogen-bond donors (Lipinski definition) is 4. The third kappa shape index (κ3) is 6.69. The number of aliphatic imine (C=N–C) groups is 1. The number of amides is 1. The van der Waals surface area contributed by atoms with Gasteiger partial charge in [-0.3, -0.25) is 9.59 Å². The maximum Gasteiger partial charge on any atom is 0.308 e. The molecule has 160 valence electrons. The van der Waals surface area contributed by atoms with Crippen LogP contribution in [0.3, 0.4) is 0 Å². The number of nitrogens with one attached hydrogen (secondary N) is 1. The van der Waals surface area contributed by atoms with Gasteiger partial charge in [0.25, 0.3) is 5.91 Å². The van der Waals surface area contributed by atoms with Crippen molar-refractivity contribution in [2.45, 2.75) is 32.5 Å². The second-order valence-corrected chi connectivity index (χ2v) is 6.40. The van der Waals surface area contributed by atoms with Gasteiger partial charge < -0.3 is 31.4 Å². The third-order valence-electron chi connectivity index (χ3n) is 4.03. The Bertz CT molecular complexity index is 898. The maximum absolute atomic E-state index is 12.7. The topological polar surface area (TPSA) is 149 Å². The summed E-state index contributed by atoms with van der Waals surface area (Å²) in [5.41, 5.74) is 11.4. The van der Waals surface area contributed by atoms with Crippen molar-refractivity contribution in [3.05, 3.63) is 59.7 Å². The number of ether oxygens (including phenoxy) is 2. The smallest absolute Gasteiger partial charge is 0.308 e. The molecule has 0 radical (unpaired) electrons. The van der Waals surface area contributed by atoms with Crippen LogP contribution < -0.4 is 21.5 Å². The Kier molecular flexibility index (Phi) is 8.04. The lowest BCUT2D eigenvalue weighted by molar-refractivity contribution is -0.143. The Hall–Kier alpha value is -3.75. The van der Waals surface area contributed by atoms with E-state index in [1.165, 1.54) is 18.2 Å². The van der Waals surface area contributed by atoms with Crippen molar-refractivity contribution in [3.63, 3.8) is 0 Å². The Balaban J connectivity index is 2.16. The fourth-order valence-corrected chi connectivity index (χ4v) is 2.77. The van der Waals surface area contributed by atoms with Gasteiger partial charge in [0, 0.05) is 6.07 Å². The van der Waals surface area contributed by atoms with Crippen LogP contribution in [0.5, 0.6) is 11.5 Å². The summed E-state index contributed by atoms with van der Waals surface area (Å²) in [7, 11) is 0. The summed E-state index contributed by atoms with van der Waals surface area (Å²) < 4.78 is 10.5. The monoisotopic (exact) mass is 414 g/mol. The Labute approximate surface area is 174 Å². The van der Waals surface area contributed by atoms with Crippen molar-refractivity contribution in [1.82, 2.24) is 5.32 Å². The van der Waals surface area contributed by atoms with E-state index in [9.17, 15) is 14.7 Å². The van der Waals surface area contributed by atoms with Gasteiger partial charge in [-0.25, -0.2) is 4.99 Å². The number of aromatic hydroxyl groups is 1. The fraction of sp³-hybridized carbons (Fsp3) is 0.286. The molecule has 1 amide bonds. The molecule has 0 aromatic heterocycles. The normalized spacial score (nSPS) is 12.3. The zero-order chi connectivity index (χ0) is 22.1. The first kappa shape index (κ1) is 22.5. The Morgan fingerprint density at radius 3 is 2.47 bits per heavy atom. The van der Waals surface area contributed by atoms with Crippen molar-refractivity contribution in [2.75, 3.05) is 6.61 Å². The minimum absolute atomic E-state index is 0.0293. The number of phenols is 1. The van der Waals surface area contributed by atoms with Crippen LogP contribution in [-0.2, 0) is 9.53 Å². The van der Waals surface area contributed by atoms with Gasteiger partial charge in [0.15, 0.2) is 12.2 Å². The van der Waals surface area contributed by atoms with E-state index in [1.807, 2.05) is 6.07 Å². The number of rotatable bonds is 9. The molecule has 0 aliphatic rings. The molecule has 0 spiro atoms. The number of guanidine groups is 1. The van der Waals surface area contributed by atoms with E-state index in [2.05, 4.69) is 10.3 Å². The molecule has 2 unspecified atom stereocenters.